The van der Waals surface area contributed by atoms with E-state index in [1.165, 1.54) is 5.56 Å². The highest BCUT2D eigenvalue weighted by Gasteiger charge is 2.15. The van der Waals surface area contributed by atoms with Gasteiger partial charge in [0.15, 0.2) is 6.10 Å². The van der Waals surface area contributed by atoms with Crippen molar-refractivity contribution in [2.75, 3.05) is 19.8 Å². The Morgan fingerprint density at radius 3 is 2.64 bits per heavy atom. The van der Waals surface area contributed by atoms with Crippen molar-refractivity contribution in [1.29, 1.82) is 0 Å². The summed E-state index contributed by atoms with van der Waals surface area (Å²) in [7, 11) is 0. The number of hydrogen-bond donors (Lipinski definition) is 1. The summed E-state index contributed by atoms with van der Waals surface area (Å²) in [6.07, 6.45) is 0.307. The van der Waals surface area contributed by atoms with Crippen LogP contribution in [0.2, 0.25) is 0 Å². The summed E-state index contributed by atoms with van der Waals surface area (Å²) in [5, 5.41) is 2.87. The van der Waals surface area contributed by atoms with E-state index in [0.29, 0.717) is 25.7 Å². The molecule has 1 amide bonds. The van der Waals surface area contributed by atoms with E-state index in [1.807, 2.05) is 26.0 Å². The highest BCUT2D eigenvalue weighted by molar-refractivity contribution is 5.80. The van der Waals surface area contributed by atoms with Crippen molar-refractivity contribution < 1.29 is 14.3 Å². The Hall–Kier alpha value is -1.55. The molecular formula is C18H29NO3. The van der Waals surface area contributed by atoms with E-state index in [9.17, 15) is 4.79 Å². The molecule has 1 atom stereocenters. The zero-order chi connectivity index (χ0) is 16.5. The SMILES string of the molecule is CCOCCCNC(=O)C(C)Oc1cc(C(C)C)ccc1C. The van der Waals surface area contributed by atoms with E-state index < -0.39 is 6.10 Å². The fourth-order valence-corrected chi connectivity index (χ4v) is 2.02. The fraction of sp³-hybridized carbons (Fsp3) is 0.611. The Bertz CT molecular complexity index is 471. The van der Waals surface area contributed by atoms with Crippen molar-refractivity contribution in [2.24, 2.45) is 0 Å². The number of carbonyl (C=O) groups is 1. The zero-order valence-corrected chi connectivity index (χ0v) is 14.4. The molecule has 1 N–H and O–H groups in total. The molecule has 1 rings (SSSR count). The highest BCUT2D eigenvalue weighted by Crippen LogP contribution is 2.25. The fourth-order valence-electron chi connectivity index (χ4n) is 2.02. The topological polar surface area (TPSA) is 47.6 Å². The van der Waals surface area contributed by atoms with Crippen LogP contribution in [0, 0.1) is 6.92 Å². The summed E-state index contributed by atoms with van der Waals surface area (Å²) < 4.78 is 11.1. The van der Waals surface area contributed by atoms with Crippen molar-refractivity contribution in [3.63, 3.8) is 0 Å². The molecule has 0 aliphatic rings. The van der Waals surface area contributed by atoms with Crippen LogP contribution in [0.15, 0.2) is 18.2 Å². The predicted molar refractivity (Wildman–Crippen MR) is 89.5 cm³/mol. The van der Waals surface area contributed by atoms with Gasteiger partial charge in [-0.2, -0.15) is 0 Å². The predicted octanol–water partition coefficient (Wildman–Crippen LogP) is 3.43. The second-order valence-corrected chi connectivity index (χ2v) is 5.78. The first-order valence-corrected chi connectivity index (χ1v) is 8.08. The zero-order valence-electron chi connectivity index (χ0n) is 14.4. The van der Waals surface area contributed by atoms with Gasteiger partial charge in [-0.05, 0) is 50.3 Å². The van der Waals surface area contributed by atoms with Gasteiger partial charge in [0.1, 0.15) is 5.75 Å². The van der Waals surface area contributed by atoms with Gasteiger partial charge in [-0.25, -0.2) is 0 Å². The van der Waals surface area contributed by atoms with Crippen molar-refractivity contribution in [3.8, 4) is 5.75 Å². The largest absolute Gasteiger partial charge is 0.481 e. The third-order valence-electron chi connectivity index (χ3n) is 3.52. The number of benzene rings is 1. The van der Waals surface area contributed by atoms with Gasteiger partial charge < -0.3 is 14.8 Å². The summed E-state index contributed by atoms with van der Waals surface area (Å²) in [4.78, 5) is 12.0. The third kappa shape index (κ3) is 6.06. The minimum atomic E-state index is -0.506. The Morgan fingerprint density at radius 2 is 2.00 bits per heavy atom. The molecule has 0 aliphatic heterocycles. The maximum atomic E-state index is 12.0. The van der Waals surface area contributed by atoms with Crippen LogP contribution in [-0.4, -0.2) is 31.8 Å². The average molecular weight is 307 g/mol. The van der Waals surface area contributed by atoms with Crippen LogP contribution in [0.25, 0.3) is 0 Å². The minimum Gasteiger partial charge on any atom is -0.481 e. The van der Waals surface area contributed by atoms with Crippen molar-refractivity contribution >= 4 is 5.91 Å². The number of hydrogen-bond acceptors (Lipinski definition) is 3. The Balaban J connectivity index is 2.51. The molecule has 0 bridgehead atoms. The maximum absolute atomic E-state index is 12.0. The van der Waals surface area contributed by atoms with Crippen LogP contribution in [0.3, 0.4) is 0 Å². The molecule has 124 valence electrons. The lowest BCUT2D eigenvalue weighted by molar-refractivity contribution is -0.127. The van der Waals surface area contributed by atoms with Crippen LogP contribution >= 0.6 is 0 Å². The first kappa shape index (κ1) is 18.5. The number of aryl methyl sites for hydroxylation is 1. The van der Waals surface area contributed by atoms with Crippen LogP contribution < -0.4 is 10.1 Å². The molecule has 4 nitrogen and oxygen atoms in total. The summed E-state index contributed by atoms with van der Waals surface area (Å²) in [6, 6.07) is 6.17. The highest BCUT2D eigenvalue weighted by atomic mass is 16.5. The minimum absolute atomic E-state index is 0.0918. The Labute approximate surface area is 134 Å². The average Bonchev–Trinajstić information content (AvgIpc) is 2.48. The van der Waals surface area contributed by atoms with Gasteiger partial charge in [0.2, 0.25) is 0 Å². The van der Waals surface area contributed by atoms with E-state index >= 15 is 0 Å². The lowest BCUT2D eigenvalue weighted by Gasteiger charge is -2.18. The van der Waals surface area contributed by atoms with Gasteiger partial charge in [0.25, 0.3) is 5.91 Å². The second kappa shape index (κ2) is 9.46. The van der Waals surface area contributed by atoms with Gasteiger partial charge in [0.05, 0.1) is 0 Å². The van der Waals surface area contributed by atoms with Gasteiger partial charge in [-0.3, -0.25) is 4.79 Å². The molecule has 1 aromatic rings. The molecule has 0 spiro atoms. The van der Waals surface area contributed by atoms with Gasteiger partial charge in [0, 0.05) is 19.8 Å². The molecule has 0 fully saturated rings. The summed E-state index contributed by atoms with van der Waals surface area (Å²) in [6.45, 7) is 12.0. The van der Waals surface area contributed by atoms with Gasteiger partial charge in [-0.15, -0.1) is 0 Å². The molecule has 1 aromatic carbocycles. The van der Waals surface area contributed by atoms with Crippen LogP contribution in [0.1, 0.15) is 51.2 Å². The van der Waals surface area contributed by atoms with Crippen LogP contribution in [0.5, 0.6) is 5.75 Å². The van der Waals surface area contributed by atoms with E-state index in [-0.39, 0.29) is 5.91 Å². The molecule has 0 heterocycles. The molecule has 1 unspecified atom stereocenters. The molecule has 22 heavy (non-hydrogen) atoms. The normalized spacial score (nSPS) is 12.3. The number of amides is 1. The van der Waals surface area contributed by atoms with E-state index in [1.54, 1.807) is 6.92 Å². The lowest BCUT2D eigenvalue weighted by atomic mass is 10.0. The monoisotopic (exact) mass is 307 g/mol. The molecule has 4 heteroatoms. The Kier molecular flexibility index (Phi) is 7.96. The molecule has 0 radical (unpaired) electrons. The quantitative estimate of drug-likeness (QED) is 0.711. The molecule has 0 saturated heterocycles. The molecular weight excluding hydrogens is 278 g/mol. The van der Waals surface area contributed by atoms with E-state index in [0.717, 1.165) is 17.7 Å². The number of nitrogens with one attached hydrogen (secondary N) is 1. The van der Waals surface area contributed by atoms with Crippen LogP contribution in [0.4, 0.5) is 0 Å². The summed E-state index contributed by atoms with van der Waals surface area (Å²) in [5.41, 5.74) is 2.25. The van der Waals surface area contributed by atoms with Gasteiger partial charge in [-0.1, -0.05) is 26.0 Å². The molecule has 0 aliphatic carbocycles. The lowest BCUT2D eigenvalue weighted by Crippen LogP contribution is -2.37. The third-order valence-corrected chi connectivity index (χ3v) is 3.52. The Morgan fingerprint density at radius 1 is 1.27 bits per heavy atom. The maximum Gasteiger partial charge on any atom is 0.260 e. The molecule has 0 saturated carbocycles. The van der Waals surface area contributed by atoms with E-state index in [4.69, 9.17) is 9.47 Å². The summed E-state index contributed by atoms with van der Waals surface area (Å²) in [5.74, 6) is 1.12. The second-order valence-electron chi connectivity index (χ2n) is 5.78. The standard InChI is InChI=1S/C18H29NO3/c1-6-21-11-7-10-19-18(20)15(5)22-17-12-16(13(2)3)9-8-14(17)4/h8-9,12-13,15H,6-7,10-11H2,1-5H3,(H,19,20). The van der Waals surface area contributed by atoms with Crippen molar-refractivity contribution in [1.82, 2.24) is 5.32 Å². The smallest absolute Gasteiger partial charge is 0.260 e. The van der Waals surface area contributed by atoms with Crippen molar-refractivity contribution in [2.45, 2.75) is 53.1 Å². The number of ether oxygens (including phenoxy) is 2. The first-order valence-electron chi connectivity index (χ1n) is 8.08. The first-order chi connectivity index (χ1) is 10.5. The number of carbonyl (C=O) groups excluding carboxylic acids is 1. The van der Waals surface area contributed by atoms with E-state index in [2.05, 4.69) is 25.2 Å². The molecule has 0 aromatic heterocycles. The summed E-state index contributed by atoms with van der Waals surface area (Å²) >= 11 is 0. The van der Waals surface area contributed by atoms with Crippen LogP contribution in [-0.2, 0) is 9.53 Å². The number of rotatable bonds is 9. The van der Waals surface area contributed by atoms with Crippen molar-refractivity contribution in [3.05, 3.63) is 29.3 Å². The van der Waals surface area contributed by atoms with Gasteiger partial charge >= 0.3 is 0 Å².